The fraction of sp³-hybridized carbons (Fsp3) is 0.897. The topological polar surface area (TPSA) is 283 Å². The fourth-order valence-corrected chi connectivity index (χ4v) is 5.90. The van der Waals surface area contributed by atoms with E-state index in [9.17, 15) is 25.2 Å². The highest BCUT2D eigenvalue weighted by Crippen LogP contribution is 2.33. The van der Waals surface area contributed by atoms with Crippen molar-refractivity contribution in [3.63, 3.8) is 0 Å². The number of carbonyl (C=O) groups is 1. The number of hydrogen-bond acceptors (Lipinski definition) is 15. The van der Waals surface area contributed by atoms with Crippen molar-refractivity contribution in [2.45, 2.75) is 113 Å². The third-order valence-electron chi connectivity index (χ3n) is 8.59. The van der Waals surface area contributed by atoms with Gasteiger partial charge in [0, 0.05) is 26.2 Å². The third kappa shape index (κ3) is 11.3. The van der Waals surface area contributed by atoms with E-state index in [1.165, 1.54) is 0 Å². The van der Waals surface area contributed by atoms with Crippen molar-refractivity contribution in [3.05, 3.63) is 11.8 Å². The Hall–Kier alpha value is -1.51. The molecule has 264 valence electrons. The van der Waals surface area contributed by atoms with Crippen molar-refractivity contribution in [2.24, 2.45) is 34.8 Å². The number of nitrogens with one attached hydrogen (secondary N) is 2. The van der Waals surface area contributed by atoms with Gasteiger partial charge in [0.05, 0.1) is 31.3 Å². The highest BCUT2D eigenvalue weighted by molar-refractivity contribution is 5.81. The van der Waals surface area contributed by atoms with Crippen molar-refractivity contribution in [1.29, 1.82) is 0 Å². The molecule has 0 bridgehead atoms. The van der Waals surface area contributed by atoms with Crippen LogP contribution in [0.2, 0.25) is 0 Å². The van der Waals surface area contributed by atoms with Crippen LogP contribution in [0.3, 0.4) is 0 Å². The zero-order valence-corrected chi connectivity index (χ0v) is 26.7. The molecule has 0 spiro atoms. The zero-order valence-electron chi connectivity index (χ0n) is 26.7. The Morgan fingerprint density at radius 3 is 2.40 bits per heavy atom. The molecule has 13 atom stereocenters. The Morgan fingerprint density at radius 2 is 1.76 bits per heavy atom. The summed E-state index contributed by atoms with van der Waals surface area (Å²) in [5, 5.41) is 55.1. The number of hydrogen-bond donors (Lipinski definition) is 11. The summed E-state index contributed by atoms with van der Waals surface area (Å²) in [4.78, 5) is 12.6. The highest BCUT2D eigenvalue weighted by atomic mass is 16.7. The number of ether oxygens (including phenoxy) is 4. The number of nitrogens with two attached hydrogens (primary N) is 4. The van der Waals surface area contributed by atoms with Gasteiger partial charge in [0.15, 0.2) is 6.29 Å². The predicted octanol–water partition coefficient (Wildman–Crippen LogP) is -3.71. The van der Waals surface area contributed by atoms with Crippen LogP contribution in [0.1, 0.15) is 46.0 Å². The first-order valence-electron chi connectivity index (χ1n) is 15.9. The maximum absolute atomic E-state index is 12.6. The van der Waals surface area contributed by atoms with Gasteiger partial charge in [-0.2, -0.15) is 0 Å². The highest BCUT2D eigenvalue weighted by Gasteiger charge is 2.49. The number of amides is 1. The quantitative estimate of drug-likeness (QED) is 0.0760. The normalized spacial score (nSPS) is 36.5. The molecule has 0 aromatic rings. The summed E-state index contributed by atoms with van der Waals surface area (Å²) in [6, 6.07) is -2.14. The van der Waals surface area contributed by atoms with Gasteiger partial charge in [0.1, 0.15) is 36.3 Å². The Kier molecular flexibility index (Phi) is 17.6. The Morgan fingerprint density at radius 1 is 1.07 bits per heavy atom. The van der Waals surface area contributed by atoms with Crippen molar-refractivity contribution in [1.82, 2.24) is 10.6 Å². The van der Waals surface area contributed by atoms with Crippen molar-refractivity contribution < 1.29 is 49.3 Å². The van der Waals surface area contributed by atoms with Gasteiger partial charge in [0.2, 0.25) is 12.2 Å². The second-order valence-corrected chi connectivity index (χ2v) is 12.0. The number of aliphatic hydroxyl groups excluding tert-OH is 5. The molecule has 2 heterocycles. The summed E-state index contributed by atoms with van der Waals surface area (Å²) in [5.41, 5.74) is 23.7. The molecule has 16 nitrogen and oxygen atoms in total. The van der Waals surface area contributed by atoms with E-state index < -0.39 is 73.2 Å². The standard InChI is InChI=1S/C28H54N6O9.CH4O/c1-3-17-14(2)13-40-28(22(17)37)43-25-20(34-26(39)21(36)11-30)9-19(32)24(23(25)38)42-27-18(31)7-6-16(41-27)12-33-8-4-5-15(35)10-29;1-2/h6,14-15,17-25,27-28,33,35-38H,3-5,7-13,29-32H2,1-2H3,(H,34,39);2H,1H3/t14-,15?,17+,18-,19?,20?,21+,22?,23+,24-,25+,27-,28?;/m1./s1. The van der Waals surface area contributed by atoms with Gasteiger partial charge >= 0.3 is 0 Å². The lowest BCUT2D eigenvalue weighted by Gasteiger charge is -2.47. The summed E-state index contributed by atoms with van der Waals surface area (Å²) < 4.78 is 24.2. The van der Waals surface area contributed by atoms with E-state index in [0.29, 0.717) is 44.7 Å². The summed E-state index contributed by atoms with van der Waals surface area (Å²) in [6.45, 7) is 5.32. The van der Waals surface area contributed by atoms with Crippen LogP contribution in [0.25, 0.3) is 0 Å². The Bertz CT molecular complexity index is 890. The first-order chi connectivity index (χ1) is 21.5. The molecule has 3 aliphatic rings. The van der Waals surface area contributed by atoms with E-state index >= 15 is 0 Å². The molecule has 2 aliphatic heterocycles. The lowest BCUT2D eigenvalue weighted by Crippen LogP contribution is -2.67. The number of rotatable bonds is 15. The average Bonchev–Trinajstić information content (AvgIpc) is 3.03. The fourth-order valence-electron chi connectivity index (χ4n) is 5.90. The van der Waals surface area contributed by atoms with Gasteiger partial charge in [-0.3, -0.25) is 4.79 Å². The second kappa shape index (κ2) is 20.0. The van der Waals surface area contributed by atoms with E-state index in [1.807, 2.05) is 19.9 Å². The van der Waals surface area contributed by atoms with Crippen LogP contribution < -0.4 is 33.6 Å². The van der Waals surface area contributed by atoms with Crippen LogP contribution in [0, 0.1) is 11.8 Å². The third-order valence-corrected chi connectivity index (χ3v) is 8.59. The van der Waals surface area contributed by atoms with E-state index in [2.05, 4.69) is 10.6 Å². The largest absolute Gasteiger partial charge is 0.467 e. The summed E-state index contributed by atoms with van der Waals surface area (Å²) in [6.07, 6.45) is -3.90. The number of aliphatic hydroxyl groups is 5. The molecular formula is C29H58N6O10. The molecule has 1 amide bonds. The molecule has 1 aliphatic carbocycles. The molecule has 1 saturated carbocycles. The van der Waals surface area contributed by atoms with Gasteiger partial charge < -0.3 is 78.0 Å². The van der Waals surface area contributed by atoms with Crippen molar-refractivity contribution in [2.75, 3.05) is 39.9 Å². The van der Waals surface area contributed by atoms with Crippen LogP contribution in [-0.2, 0) is 23.7 Å². The van der Waals surface area contributed by atoms with Gasteiger partial charge in [-0.25, -0.2) is 0 Å². The first-order valence-corrected chi connectivity index (χ1v) is 15.9. The average molecular weight is 651 g/mol. The Balaban J connectivity index is 0.00000345. The Labute approximate surface area is 265 Å². The maximum Gasteiger partial charge on any atom is 0.250 e. The van der Waals surface area contributed by atoms with Crippen LogP contribution in [-0.4, -0.2) is 139 Å². The lowest BCUT2D eigenvalue weighted by atomic mass is 9.82. The zero-order chi connectivity index (χ0) is 33.7. The molecule has 0 aromatic carbocycles. The van der Waals surface area contributed by atoms with Gasteiger partial charge in [-0.15, -0.1) is 0 Å². The molecule has 3 rings (SSSR count). The molecule has 16 heteroatoms. The summed E-state index contributed by atoms with van der Waals surface area (Å²) in [7, 11) is 1.00. The van der Waals surface area contributed by atoms with E-state index in [1.54, 1.807) is 0 Å². The molecule has 5 unspecified atom stereocenters. The van der Waals surface area contributed by atoms with E-state index in [4.69, 9.17) is 47.0 Å². The minimum Gasteiger partial charge on any atom is -0.467 e. The monoisotopic (exact) mass is 650 g/mol. The van der Waals surface area contributed by atoms with E-state index in [0.717, 1.165) is 13.5 Å². The minimum absolute atomic E-state index is 0.0842. The SMILES string of the molecule is CC[C@@H]1C(O)C(O[C@H]2C(NC(=O)[C@@H](O)CN)CC(N)[C@@H](O[C@H]3OC(CNCCCC(O)CN)=CC[C@H]3N)[C@@H]2O)OC[C@H]1C.CO. The first kappa shape index (κ1) is 39.7. The molecule has 0 aromatic heterocycles. The smallest absolute Gasteiger partial charge is 0.250 e. The van der Waals surface area contributed by atoms with Gasteiger partial charge in [-0.1, -0.05) is 20.3 Å². The van der Waals surface area contributed by atoms with E-state index in [-0.39, 0.29) is 31.3 Å². The van der Waals surface area contributed by atoms with Crippen LogP contribution in [0.5, 0.6) is 0 Å². The van der Waals surface area contributed by atoms with Gasteiger partial charge in [-0.05, 0) is 50.1 Å². The molecule has 0 radical (unpaired) electrons. The maximum atomic E-state index is 12.6. The van der Waals surface area contributed by atoms with Crippen LogP contribution >= 0.6 is 0 Å². The van der Waals surface area contributed by atoms with Crippen LogP contribution in [0.15, 0.2) is 11.8 Å². The summed E-state index contributed by atoms with van der Waals surface area (Å²) >= 11 is 0. The van der Waals surface area contributed by atoms with Gasteiger partial charge in [0.25, 0.3) is 0 Å². The van der Waals surface area contributed by atoms with Crippen molar-refractivity contribution in [3.8, 4) is 0 Å². The van der Waals surface area contributed by atoms with Crippen molar-refractivity contribution >= 4 is 5.91 Å². The molecule has 15 N–H and O–H groups in total. The minimum atomic E-state index is -1.46. The number of carbonyl (C=O) groups excluding carboxylic acids is 1. The molecule has 1 saturated heterocycles. The summed E-state index contributed by atoms with van der Waals surface area (Å²) in [5.74, 6) is -0.0891. The second-order valence-electron chi connectivity index (χ2n) is 12.0. The predicted molar refractivity (Wildman–Crippen MR) is 165 cm³/mol. The molecular weight excluding hydrogens is 592 g/mol. The molecule has 45 heavy (non-hydrogen) atoms. The lowest BCUT2D eigenvalue weighted by molar-refractivity contribution is -0.293. The molecule has 2 fully saturated rings. The van der Waals surface area contributed by atoms with Crippen LogP contribution in [0.4, 0.5) is 0 Å².